The lowest BCUT2D eigenvalue weighted by Gasteiger charge is -2.33. The summed E-state index contributed by atoms with van der Waals surface area (Å²) in [6.07, 6.45) is 7.84. The third-order valence-corrected chi connectivity index (χ3v) is 4.20. The first kappa shape index (κ1) is 13.5. The lowest BCUT2D eigenvalue weighted by molar-refractivity contribution is -0.123. The Morgan fingerprint density at radius 3 is 2.43 bits per heavy atom. The van der Waals surface area contributed by atoms with E-state index < -0.39 is 5.97 Å². The van der Waals surface area contributed by atoms with Gasteiger partial charge < -0.3 is 5.11 Å². The number of aromatic carboxylic acids is 1. The molecule has 0 aromatic heterocycles. The van der Waals surface area contributed by atoms with Crippen molar-refractivity contribution >= 4 is 23.5 Å². The number of hydrogen-bond acceptors (Lipinski definition) is 3. The van der Waals surface area contributed by atoms with E-state index in [1.807, 2.05) is 12.2 Å². The Kier molecular flexibility index (Phi) is 2.72. The van der Waals surface area contributed by atoms with Gasteiger partial charge in [0, 0.05) is 11.1 Å². The van der Waals surface area contributed by atoms with Crippen LogP contribution < -0.4 is 4.90 Å². The van der Waals surface area contributed by atoms with Gasteiger partial charge in [-0.25, -0.2) is 9.69 Å². The number of carbonyl (C=O) groups excluding carboxylic acids is 2. The van der Waals surface area contributed by atoms with Crippen LogP contribution in [0.3, 0.4) is 0 Å². The monoisotopic (exact) mass is 305 g/mol. The number of carboxylic acid groups (broad SMARTS) is 1. The first-order valence-corrected chi connectivity index (χ1v) is 7.11. The van der Waals surface area contributed by atoms with Crippen molar-refractivity contribution in [2.45, 2.75) is 6.42 Å². The average molecular weight is 305 g/mol. The van der Waals surface area contributed by atoms with Crippen LogP contribution in [0.15, 0.2) is 70.9 Å². The molecule has 1 aromatic carbocycles. The van der Waals surface area contributed by atoms with Crippen molar-refractivity contribution in [3.05, 3.63) is 76.4 Å². The topological polar surface area (TPSA) is 74.7 Å². The Morgan fingerprint density at radius 2 is 1.74 bits per heavy atom. The molecule has 1 N–H and O–H groups in total. The second-order valence-corrected chi connectivity index (χ2v) is 5.52. The van der Waals surface area contributed by atoms with E-state index in [1.54, 1.807) is 12.2 Å². The zero-order chi connectivity index (χ0) is 16.1. The van der Waals surface area contributed by atoms with Gasteiger partial charge in [-0.1, -0.05) is 12.2 Å². The van der Waals surface area contributed by atoms with Gasteiger partial charge in [-0.15, -0.1) is 0 Å². The van der Waals surface area contributed by atoms with Crippen molar-refractivity contribution in [2.75, 3.05) is 4.90 Å². The Hall–Kier alpha value is -3.21. The highest BCUT2D eigenvalue weighted by atomic mass is 16.4. The van der Waals surface area contributed by atoms with Crippen LogP contribution in [-0.2, 0) is 9.59 Å². The largest absolute Gasteiger partial charge is 0.478 e. The Balaban J connectivity index is 1.82. The Bertz CT molecular complexity index is 897. The van der Waals surface area contributed by atoms with Gasteiger partial charge in [-0.3, -0.25) is 9.59 Å². The van der Waals surface area contributed by atoms with E-state index in [9.17, 15) is 14.4 Å². The normalized spacial score (nSPS) is 18.9. The highest BCUT2D eigenvalue weighted by Crippen LogP contribution is 2.39. The van der Waals surface area contributed by atoms with Crippen LogP contribution in [0.2, 0.25) is 0 Å². The van der Waals surface area contributed by atoms with Gasteiger partial charge in [0.25, 0.3) is 11.8 Å². The van der Waals surface area contributed by atoms with E-state index in [2.05, 4.69) is 0 Å². The summed E-state index contributed by atoms with van der Waals surface area (Å²) in [7, 11) is 0. The minimum Gasteiger partial charge on any atom is -0.478 e. The number of anilines is 1. The number of allylic oxidation sites excluding steroid dienone is 4. The number of carbonyl (C=O) groups is 3. The molecule has 4 rings (SSSR count). The Labute approximate surface area is 131 Å². The quantitative estimate of drug-likeness (QED) is 0.851. The van der Waals surface area contributed by atoms with Gasteiger partial charge in [0.2, 0.25) is 0 Å². The van der Waals surface area contributed by atoms with Gasteiger partial charge in [0.05, 0.1) is 11.3 Å². The van der Waals surface area contributed by atoms with E-state index >= 15 is 0 Å². The van der Waals surface area contributed by atoms with Crippen LogP contribution in [0.1, 0.15) is 16.8 Å². The van der Waals surface area contributed by atoms with Crippen molar-refractivity contribution in [1.29, 1.82) is 0 Å². The van der Waals surface area contributed by atoms with Crippen LogP contribution >= 0.6 is 0 Å². The summed E-state index contributed by atoms with van der Waals surface area (Å²) < 4.78 is 0. The first-order valence-electron chi connectivity index (χ1n) is 7.11. The molecule has 23 heavy (non-hydrogen) atoms. The number of amides is 2. The molecule has 0 saturated heterocycles. The van der Waals surface area contributed by atoms with E-state index in [1.165, 1.54) is 24.3 Å². The lowest BCUT2D eigenvalue weighted by Crippen LogP contribution is -2.44. The van der Waals surface area contributed by atoms with Crippen molar-refractivity contribution in [2.24, 2.45) is 0 Å². The Morgan fingerprint density at radius 1 is 1.00 bits per heavy atom. The minimum atomic E-state index is -1.05. The van der Waals surface area contributed by atoms with Crippen LogP contribution in [0.5, 0.6) is 0 Å². The predicted molar refractivity (Wildman–Crippen MR) is 82.8 cm³/mol. The zero-order valence-corrected chi connectivity index (χ0v) is 11.9. The lowest BCUT2D eigenvalue weighted by atomic mass is 9.81. The van der Waals surface area contributed by atoms with Crippen molar-refractivity contribution < 1.29 is 19.5 Å². The number of carboxylic acids is 1. The highest BCUT2D eigenvalue weighted by Gasteiger charge is 2.38. The smallest absolute Gasteiger partial charge is 0.335 e. The van der Waals surface area contributed by atoms with E-state index in [-0.39, 0.29) is 17.4 Å². The molecule has 112 valence electrons. The molecule has 1 aromatic rings. The van der Waals surface area contributed by atoms with E-state index in [0.29, 0.717) is 23.3 Å². The number of benzene rings is 1. The molecule has 0 saturated carbocycles. The molecule has 0 fully saturated rings. The molecule has 2 bridgehead atoms. The van der Waals surface area contributed by atoms with Gasteiger partial charge in [-0.2, -0.15) is 0 Å². The second kappa shape index (κ2) is 4.64. The van der Waals surface area contributed by atoms with Crippen LogP contribution in [-0.4, -0.2) is 22.9 Å². The zero-order valence-electron chi connectivity index (χ0n) is 11.9. The highest BCUT2D eigenvalue weighted by molar-refractivity contribution is 6.31. The first-order chi connectivity index (χ1) is 11.1. The fourth-order valence-electron chi connectivity index (χ4n) is 3.02. The van der Waals surface area contributed by atoms with Crippen LogP contribution in [0, 0.1) is 0 Å². The molecule has 2 aliphatic carbocycles. The standard InChI is InChI=1S/C18H11NO4/c20-16-13-7-1-10-2-8-14(15(13)9-10)17(21)19(16)12-5-3-11(4-6-12)18(22)23/h1-8H,9H2,(H,22,23). The summed E-state index contributed by atoms with van der Waals surface area (Å²) in [5, 5.41) is 8.95. The van der Waals surface area contributed by atoms with Crippen LogP contribution in [0.25, 0.3) is 0 Å². The van der Waals surface area contributed by atoms with Crippen molar-refractivity contribution in [1.82, 2.24) is 0 Å². The number of imide groups is 1. The predicted octanol–water partition coefficient (Wildman–Crippen LogP) is 2.38. The molecule has 1 aliphatic heterocycles. The third-order valence-electron chi connectivity index (χ3n) is 4.20. The molecule has 1 heterocycles. The molecule has 5 heteroatoms. The number of fused-ring (bicyclic) bond motifs is 1. The molecule has 2 amide bonds. The molecule has 3 aliphatic rings. The van der Waals surface area contributed by atoms with Crippen molar-refractivity contribution in [3.63, 3.8) is 0 Å². The summed E-state index contributed by atoms with van der Waals surface area (Å²) in [5.41, 5.74) is 3.37. The summed E-state index contributed by atoms with van der Waals surface area (Å²) >= 11 is 0. The van der Waals surface area contributed by atoms with Crippen LogP contribution in [0.4, 0.5) is 5.69 Å². The van der Waals surface area contributed by atoms with E-state index in [0.717, 1.165) is 16.0 Å². The SMILES string of the molecule is O=C(O)c1ccc(N2C(=O)C3=CC=C4C=CC(=C3C4)C2=O)cc1. The molecule has 0 atom stereocenters. The molecular formula is C18H11NO4. The molecule has 0 radical (unpaired) electrons. The second-order valence-electron chi connectivity index (χ2n) is 5.52. The number of nitrogens with zero attached hydrogens (tertiary/aromatic N) is 1. The van der Waals surface area contributed by atoms with Gasteiger partial charge in [-0.05, 0) is 54.0 Å². The minimum absolute atomic E-state index is 0.104. The van der Waals surface area contributed by atoms with Gasteiger partial charge >= 0.3 is 5.97 Å². The summed E-state index contributed by atoms with van der Waals surface area (Å²) in [6, 6.07) is 5.71. The summed E-state index contributed by atoms with van der Waals surface area (Å²) in [6.45, 7) is 0. The fourth-order valence-corrected chi connectivity index (χ4v) is 3.02. The maximum absolute atomic E-state index is 12.7. The van der Waals surface area contributed by atoms with E-state index in [4.69, 9.17) is 5.11 Å². The summed E-state index contributed by atoms with van der Waals surface area (Å²) in [5.74, 6) is -1.80. The third kappa shape index (κ3) is 1.90. The number of hydrogen-bond donors (Lipinski definition) is 1. The fraction of sp³-hybridized carbons (Fsp3) is 0.0556. The van der Waals surface area contributed by atoms with Gasteiger partial charge in [0.1, 0.15) is 0 Å². The maximum atomic E-state index is 12.7. The van der Waals surface area contributed by atoms with Gasteiger partial charge in [0.15, 0.2) is 0 Å². The molecule has 0 unspecified atom stereocenters. The average Bonchev–Trinajstić information content (AvgIpc) is 2.55. The summed E-state index contributed by atoms with van der Waals surface area (Å²) in [4.78, 5) is 37.4. The number of rotatable bonds is 2. The molecule has 5 nitrogen and oxygen atoms in total. The van der Waals surface area contributed by atoms with Crippen molar-refractivity contribution in [3.8, 4) is 0 Å². The molecular weight excluding hydrogens is 294 g/mol. The maximum Gasteiger partial charge on any atom is 0.335 e. The molecule has 0 spiro atoms.